The van der Waals surface area contributed by atoms with Crippen molar-refractivity contribution in [2.24, 2.45) is 0 Å². The van der Waals surface area contributed by atoms with Crippen molar-refractivity contribution in [3.05, 3.63) is 45.4 Å². The van der Waals surface area contributed by atoms with Crippen LogP contribution >= 0.6 is 81.7 Å². The predicted octanol–water partition coefficient (Wildman–Crippen LogP) is 5.89. The van der Waals surface area contributed by atoms with Crippen LogP contribution in [0.3, 0.4) is 0 Å². The maximum atomic E-state index is 12.1. The minimum absolute atomic E-state index is 0.134. The second-order valence-corrected chi connectivity index (χ2v) is 9.17. The molecule has 1 aromatic heterocycles. The summed E-state index contributed by atoms with van der Waals surface area (Å²) in [6, 6.07) is 7.57. The van der Waals surface area contributed by atoms with Gasteiger partial charge in [-0.05, 0) is 94.6 Å². The third kappa shape index (κ3) is 3.56. The molecule has 2 aromatic rings. The van der Waals surface area contributed by atoms with E-state index in [1.165, 1.54) is 11.3 Å². The van der Waals surface area contributed by atoms with E-state index in [1.807, 2.05) is 18.2 Å². The number of hydrogen-bond acceptors (Lipinski definition) is 2. The fraction of sp³-hybridized carbons (Fsp3) is 0. The van der Waals surface area contributed by atoms with Crippen LogP contribution in [0.25, 0.3) is 0 Å². The summed E-state index contributed by atoms with van der Waals surface area (Å²) < 4.78 is 3.71. The lowest BCUT2D eigenvalue weighted by Gasteiger charge is -2.07. The molecule has 0 aliphatic rings. The standard InChI is InChI=1S/C11H5Br3INOS/c12-7-3-5(15)1-2-8(7)16-11(17)6-4-9(13)18-10(6)14/h1-4H,(H,16,17). The largest absolute Gasteiger partial charge is 0.321 e. The molecular weight excluding hydrogens is 561 g/mol. The molecule has 0 spiro atoms. The Kier molecular flexibility index (Phi) is 5.27. The van der Waals surface area contributed by atoms with Gasteiger partial charge < -0.3 is 5.32 Å². The van der Waals surface area contributed by atoms with Crippen LogP contribution < -0.4 is 5.32 Å². The molecule has 0 radical (unpaired) electrons. The van der Waals surface area contributed by atoms with E-state index in [-0.39, 0.29) is 5.91 Å². The van der Waals surface area contributed by atoms with E-state index in [1.54, 1.807) is 6.07 Å². The normalized spacial score (nSPS) is 10.4. The van der Waals surface area contributed by atoms with Gasteiger partial charge in [0.2, 0.25) is 0 Å². The van der Waals surface area contributed by atoms with Gasteiger partial charge in [0.15, 0.2) is 0 Å². The fourth-order valence-corrected chi connectivity index (χ4v) is 5.47. The average Bonchev–Trinajstić information content (AvgIpc) is 2.62. The SMILES string of the molecule is O=C(Nc1ccc(I)cc1Br)c1cc(Br)sc1Br. The maximum Gasteiger partial charge on any atom is 0.257 e. The van der Waals surface area contributed by atoms with Crippen LogP contribution in [0, 0.1) is 3.57 Å². The first-order valence-corrected chi connectivity index (χ1v) is 8.96. The summed E-state index contributed by atoms with van der Waals surface area (Å²) >= 11 is 13.9. The zero-order valence-corrected chi connectivity index (χ0v) is 16.4. The Balaban J connectivity index is 2.24. The van der Waals surface area contributed by atoms with Crippen LogP contribution in [-0.2, 0) is 0 Å². The Bertz CT molecular complexity index is 614. The van der Waals surface area contributed by atoms with Gasteiger partial charge in [-0.3, -0.25) is 4.79 Å². The molecule has 0 aliphatic carbocycles. The number of anilines is 1. The van der Waals surface area contributed by atoms with Gasteiger partial charge in [-0.1, -0.05) is 0 Å². The first-order chi connectivity index (χ1) is 8.47. The molecule has 1 N–H and O–H groups in total. The van der Waals surface area contributed by atoms with Gasteiger partial charge in [0.05, 0.1) is 18.8 Å². The van der Waals surface area contributed by atoms with E-state index < -0.39 is 0 Å². The highest BCUT2D eigenvalue weighted by Gasteiger charge is 2.14. The Labute approximate surface area is 147 Å². The van der Waals surface area contributed by atoms with Crippen molar-refractivity contribution in [1.82, 2.24) is 0 Å². The van der Waals surface area contributed by atoms with Crippen LogP contribution in [0.4, 0.5) is 5.69 Å². The molecule has 7 heteroatoms. The molecule has 0 unspecified atom stereocenters. The van der Waals surface area contributed by atoms with E-state index in [0.717, 1.165) is 21.3 Å². The zero-order valence-electron chi connectivity index (χ0n) is 8.64. The van der Waals surface area contributed by atoms with Crippen molar-refractivity contribution in [3.63, 3.8) is 0 Å². The van der Waals surface area contributed by atoms with Gasteiger partial charge in [0.25, 0.3) is 5.91 Å². The molecule has 0 bridgehead atoms. The number of rotatable bonds is 2. The molecule has 1 heterocycles. The maximum absolute atomic E-state index is 12.1. The molecule has 18 heavy (non-hydrogen) atoms. The number of carbonyl (C=O) groups is 1. The number of carbonyl (C=O) groups excluding carboxylic acids is 1. The molecule has 0 aliphatic heterocycles. The van der Waals surface area contributed by atoms with Crippen LogP contribution in [0.1, 0.15) is 10.4 Å². The average molecular weight is 566 g/mol. The van der Waals surface area contributed by atoms with E-state index in [2.05, 4.69) is 75.7 Å². The second kappa shape index (κ2) is 6.34. The quantitative estimate of drug-likeness (QED) is 0.452. The molecule has 0 saturated heterocycles. The molecule has 0 saturated carbocycles. The van der Waals surface area contributed by atoms with E-state index in [0.29, 0.717) is 5.56 Å². The lowest BCUT2D eigenvalue weighted by molar-refractivity contribution is 0.102. The number of thiophene rings is 1. The Morgan fingerprint density at radius 2 is 1.94 bits per heavy atom. The van der Waals surface area contributed by atoms with Crippen LogP contribution in [0.5, 0.6) is 0 Å². The number of hydrogen-bond donors (Lipinski definition) is 1. The minimum Gasteiger partial charge on any atom is -0.321 e. The van der Waals surface area contributed by atoms with Crippen molar-refractivity contribution < 1.29 is 4.79 Å². The Hall–Kier alpha value is 0.560. The van der Waals surface area contributed by atoms with Gasteiger partial charge in [-0.2, -0.15) is 0 Å². The summed E-state index contributed by atoms with van der Waals surface area (Å²) in [6.07, 6.45) is 0. The number of benzene rings is 1. The van der Waals surface area contributed by atoms with Crippen molar-refractivity contribution in [2.45, 2.75) is 0 Å². The number of halogens is 4. The van der Waals surface area contributed by atoms with Gasteiger partial charge in [0, 0.05) is 8.04 Å². The topological polar surface area (TPSA) is 29.1 Å². The summed E-state index contributed by atoms with van der Waals surface area (Å²) in [5.41, 5.74) is 1.38. The predicted molar refractivity (Wildman–Crippen MR) is 94.5 cm³/mol. The lowest BCUT2D eigenvalue weighted by atomic mass is 10.3. The molecule has 94 valence electrons. The summed E-state index contributed by atoms with van der Waals surface area (Å²) in [6.45, 7) is 0. The first kappa shape index (κ1) is 15.0. The Morgan fingerprint density at radius 3 is 2.50 bits per heavy atom. The van der Waals surface area contributed by atoms with Gasteiger partial charge >= 0.3 is 0 Å². The molecule has 2 rings (SSSR count). The van der Waals surface area contributed by atoms with Crippen LogP contribution in [0.2, 0.25) is 0 Å². The first-order valence-electron chi connectivity index (χ1n) is 4.68. The minimum atomic E-state index is -0.134. The van der Waals surface area contributed by atoms with Crippen LogP contribution in [0.15, 0.2) is 36.3 Å². The molecule has 2 nitrogen and oxygen atoms in total. The molecule has 1 aromatic carbocycles. The molecule has 0 fully saturated rings. The summed E-state index contributed by atoms with van der Waals surface area (Å²) in [4.78, 5) is 12.1. The third-order valence-electron chi connectivity index (χ3n) is 2.08. The summed E-state index contributed by atoms with van der Waals surface area (Å²) in [5, 5.41) is 2.87. The van der Waals surface area contributed by atoms with Crippen molar-refractivity contribution in [1.29, 1.82) is 0 Å². The molecule has 1 amide bonds. The molecular formula is C11H5Br3INOS. The Morgan fingerprint density at radius 1 is 1.22 bits per heavy atom. The van der Waals surface area contributed by atoms with E-state index >= 15 is 0 Å². The zero-order chi connectivity index (χ0) is 13.3. The van der Waals surface area contributed by atoms with Crippen molar-refractivity contribution >= 4 is 93.3 Å². The molecule has 0 atom stereocenters. The summed E-state index contributed by atoms with van der Waals surface area (Å²) in [7, 11) is 0. The van der Waals surface area contributed by atoms with Gasteiger partial charge in [0.1, 0.15) is 0 Å². The highest BCUT2D eigenvalue weighted by molar-refractivity contribution is 14.1. The van der Waals surface area contributed by atoms with Gasteiger partial charge in [-0.25, -0.2) is 0 Å². The highest BCUT2D eigenvalue weighted by atomic mass is 127. The smallest absolute Gasteiger partial charge is 0.257 e. The summed E-state index contributed by atoms with van der Waals surface area (Å²) in [5.74, 6) is -0.134. The monoisotopic (exact) mass is 563 g/mol. The number of nitrogens with one attached hydrogen (secondary N) is 1. The second-order valence-electron chi connectivity index (χ2n) is 3.32. The van der Waals surface area contributed by atoms with Crippen molar-refractivity contribution in [3.8, 4) is 0 Å². The van der Waals surface area contributed by atoms with Crippen molar-refractivity contribution in [2.75, 3.05) is 5.32 Å². The van der Waals surface area contributed by atoms with Crippen LogP contribution in [-0.4, -0.2) is 5.91 Å². The lowest BCUT2D eigenvalue weighted by Crippen LogP contribution is -2.11. The van der Waals surface area contributed by atoms with E-state index in [4.69, 9.17) is 0 Å². The third-order valence-corrected chi connectivity index (χ3v) is 5.75. The van der Waals surface area contributed by atoms with E-state index in [9.17, 15) is 4.79 Å². The number of amides is 1. The highest BCUT2D eigenvalue weighted by Crippen LogP contribution is 2.33. The van der Waals surface area contributed by atoms with Gasteiger partial charge in [-0.15, -0.1) is 11.3 Å². The fourth-order valence-electron chi connectivity index (χ4n) is 1.28.